The molecule has 0 aliphatic carbocycles. The predicted molar refractivity (Wildman–Crippen MR) is 73.7 cm³/mol. The fourth-order valence-corrected chi connectivity index (χ4v) is 1.91. The number of hydrogen-bond donors (Lipinski definition) is 1. The van der Waals surface area contributed by atoms with E-state index in [1.807, 2.05) is 24.3 Å². The summed E-state index contributed by atoms with van der Waals surface area (Å²) >= 11 is 5.87. The maximum Gasteiger partial charge on any atom is 0.319 e. The molecule has 1 N–H and O–H groups in total. The molecule has 0 amide bonds. The third-order valence-corrected chi connectivity index (χ3v) is 2.90. The molecule has 0 radical (unpaired) electrons. The number of ether oxygens (including phenoxy) is 1. The first-order valence-corrected chi connectivity index (χ1v) is 6.69. The Morgan fingerprint density at radius 3 is 2.56 bits per heavy atom. The second kappa shape index (κ2) is 8.11. The molecule has 1 rings (SSSR count). The van der Waals surface area contributed by atoms with E-state index in [0.717, 1.165) is 23.4 Å². The molecule has 0 bridgehead atoms. The molecule has 3 nitrogen and oxygen atoms in total. The summed E-state index contributed by atoms with van der Waals surface area (Å²) in [5.41, 5.74) is 1.14. The van der Waals surface area contributed by atoms with Gasteiger partial charge in [0.2, 0.25) is 0 Å². The highest BCUT2D eigenvalue weighted by Crippen LogP contribution is 2.20. The van der Waals surface area contributed by atoms with Crippen molar-refractivity contribution in [2.45, 2.75) is 32.7 Å². The van der Waals surface area contributed by atoms with Gasteiger partial charge >= 0.3 is 5.97 Å². The van der Waals surface area contributed by atoms with Gasteiger partial charge in [0, 0.05) is 11.1 Å². The number of benzene rings is 1. The average Bonchev–Trinajstić information content (AvgIpc) is 2.36. The first-order valence-electron chi connectivity index (χ1n) is 6.31. The zero-order valence-electron chi connectivity index (χ0n) is 10.9. The van der Waals surface area contributed by atoms with Crippen LogP contribution >= 0.6 is 11.6 Å². The number of hydrogen-bond acceptors (Lipinski definition) is 3. The summed E-state index contributed by atoms with van der Waals surface area (Å²) < 4.78 is 4.90. The predicted octanol–water partition coefficient (Wildman–Crippen LogP) is 3.33. The molecule has 1 unspecified atom stereocenters. The molecule has 0 aliphatic rings. The largest absolute Gasteiger partial charge is 0.465 e. The Bertz CT molecular complexity index is 365. The summed E-state index contributed by atoms with van der Waals surface area (Å²) in [7, 11) is 0. The quantitative estimate of drug-likeness (QED) is 0.772. The van der Waals surface area contributed by atoms with Gasteiger partial charge in [-0.1, -0.05) is 37.1 Å². The number of carbonyl (C=O) groups is 1. The van der Waals surface area contributed by atoms with Gasteiger partial charge in [0.15, 0.2) is 0 Å². The highest BCUT2D eigenvalue weighted by molar-refractivity contribution is 6.30. The fraction of sp³-hybridized carbons (Fsp3) is 0.500. The van der Waals surface area contributed by atoms with Crippen molar-refractivity contribution in [1.29, 1.82) is 0 Å². The highest BCUT2D eigenvalue weighted by atomic mass is 35.5. The smallest absolute Gasteiger partial charge is 0.319 e. The van der Waals surface area contributed by atoms with Gasteiger partial charge in [0.1, 0.15) is 0 Å². The van der Waals surface area contributed by atoms with Crippen LogP contribution in [0.4, 0.5) is 0 Å². The standard InChI is InChI=1S/C14H20ClNO2/c1-3-5-13(16-10-14(17)18-4-2)11-6-8-12(15)9-7-11/h6-9,13,16H,3-5,10H2,1-2H3. The summed E-state index contributed by atoms with van der Waals surface area (Å²) in [6.07, 6.45) is 2.02. The minimum Gasteiger partial charge on any atom is -0.465 e. The van der Waals surface area contributed by atoms with Crippen LogP contribution in [0.1, 0.15) is 38.3 Å². The van der Waals surface area contributed by atoms with E-state index >= 15 is 0 Å². The van der Waals surface area contributed by atoms with E-state index in [4.69, 9.17) is 16.3 Å². The molecule has 0 fully saturated rings. The van der Waals surface area contributed by atoms with Crippen molar-refractivity contribution in [3.8, 4) is 0 Å². The van der Waals surface area contributed by atoms with E-state index in [9.17, 15) is 4.79 Å². The molecule has 1 atom stereocenters. The third kappa shape index (κ3) is 5.07. The number of esters is 1. The van der Waals surface area contributed by atoms with Crippen molar-refractivity contribution in [3.05, 3.63) is 34.9 Å². The lowest BCUT2D eigenvalue weighted by Crippen LogP contribution is -2.28. The molecule has 0 saturated carbocycles. The maximum absolute atomic E-state index is 11.3. The topological polar surface area (TPSA) is 38.3 Å². The van der Waals surface area contributed by atoms with E-state index in [1.165, 1.54) is 0 Å². The molecule has 0 heterocycles. The van der Waals surface area contributed by atoms with Crippen molar-refractivity contribution in [1.82, 2.24) is 5.32 Å². The second-order valence-electron chi connectivity index (χ2n) is 4.08. The highest BCUT2D eigenvalue weighted by Gasteiger charge is 2.12. The number of nitrogens with one attached hydrogen (secondary N) is 1. The summed E-state index contributed by atoms with van der Waals surface area (Å²) in [6, 6.07) is 7.87. The van der Waals surface area contributed by atoms with Gasteiger partial charge in [-0.3, -0.25) is 4.79 Å². The van der Waals surface area contributed by atoms with Crippen LogP contribution < -0.4 is 5.32 Å². The number of rotatable bonds is 7. The van der Waals surface area contributed by atoms with Gasteiger partial charge in [-0.15, -0.1) is 0 Å². The summed E-state index contributed by atoms with van der Waals surface area (Å²) in [4.78, 5) is 11.3. The molecule has 0 spiro atoms. The monoisotopic (exact) mass is 269 g/mol. The first kappa shape index (κ1) is 15.0. The van der Waals surface area contributed by atoms with E-state index in [1.54, 1.807) is 6.92 Å². The molecule has 0 saturated heterocycles. The van der Waals surface area contributed by atoms with Crippen LogP contribution in [0.3, 0.4) is 0 Å². The zero-order chi connectivity index (χ0) is 13.4. The molecule has 1 aromatic carbocycles. The minimum absolute atomic E-state index is 0.164. The third-order valence-electron chi connectivity index (χ3n) is 2.65. The summed E-state index contributed by atoms with van der Waals surface area (Å²) in [6.45, 7) is 4.58. The fourth-order valence-electron chi connectivity index (χ4n) is 1.79. The van der Waals surface area contributed by atoms with Gasteiger partial charge in [0.25, 0.3) is 0 Å². The lowest BCUT2D eigenvalue weighted by molar-refractivity contribution is -0.142. The Morgan fingerprint density at radius 1 is 1.33 bits per heavy atom. The molecule has 1 aromatic rings. The van der Waals surface area contributed by atoms with E-state index in [0.29, 0.717) is 6.61 Å². The summed E-state index contributed by atoms with van der Waals surface area (Å²) in [5, 5.41) is 3.95. The van der Waals surface area contributed by atoms with Crippen molar-refractivity contribution in [2.24, 2.45) is 0 Å². The van der Waals surface area contributed by atoms with Crippen LogP contribution in [-0.4, -0.2) is 19.1 Å². The number of carbonyl (C=O) groups excluding carboxylic acids is 1. The Balaban J connectivity index is 2.59. The van der Waals surface area contributed by atoms with Crippen molar-refractivity contribution in [2.75, 3.05) is 13.2 Å². The Kier molecular flexibility index (Phi) is 6.76. The molecule has 0 aliphatic heterocycles. The second-order valence-corrected chi connectivity index (χ2v) is 4.52. The zero-order valence-corrected chi connectivity index (χ0v) is 11.7. The van der Waals surface area contributed by atoms with Gasteiger partial charge in [-0.2, -0.15) is 0 Å². The van der Waals surface area contributed by atoms with E-state index < -0.39 is 0 Å². The Labute approximate surface area is 113 Å². The molecule has 18 heavy (non-hydrogen) atoms. The van der Waals surface area contributed by atoms with Crippen LogP contribution in [0.2, 0.25) is 5.02 Å². The molecule has 0 aromatic heterocycles. The molecular weight excluding hydrogens is 250 g/mol. The van der Waals surface area contributed by atoms with Crippen LogP contribution in [0.15, 0.2) is 24.3 Å². The first-order chi connectivity index (χ1) is 8.67. The number of halogens is 1. The van der Waals surface area contributed by atoms with Crippen molar-refractivity contribution in [3.63, 3.8) is 0 Å². The van der Waals surface area contributed by atoms with Crippen LogP contribution in [0.25, 0.3) is 0 Å². The summed E-state index contributed by atoms with van der Waals surface area (Å²) in [5.74, 6) is -0.215. The Morgan fingerprint density at radius 2 is 2.00 bits per heavy atom. The van der Waals surface area contributed by atoms with Gasteiger partial charge in [-0.05, 0) is 31.0 Å². The molecule has 100 valence electrons. The minimum atomic E-state index is -0.215. The van der Waals surface area contributed by atoms with Crippen LogP contribution in [-0.2, 0) is 9.53 Å². The lowest BCUT2D eigenvalue weighted by Gasteiger charge is -2.18. The average molecular weight is 270 g/mol. The van der Waals surface area contributed by atoms with Crippen LogP contribution in [0.5, 0.6) is 0 Å². The molecule has 4 heteroatoms. The van der Waals surface area contributed by atoms with Gasteiger partial charge in [-0.25, -0.2) is 0 Å². The van der Waals surface area contributed by atoms with Gasteiger partial charge < -0.3 is 10.1 Å². The lowest BCUT2D eigenvalue weighted by atomic mass is 10.0. The van der Waals surface area contributed by atoms with Gasteiger partial charge in [0.05, 0.1) is 13.2 Å². The normalized spacial score (nSPS) is 12.2. The van der Waals surface area contributed by atoms with Crippen molar-refractivity contribution < 1.29 is 9.53 Å². The van der Waals surface area contributed by atoms with Crippen LogP contribution in [0, 0.1) is 0 Å². The Hall–Kier alpha value is -1.06. The SMILES string of the molecule is CCCC(NCC(=O)OCC)c1ccc(Cl)cc1. The van der Waals surface area contributed by atoms with E-state index in [2.05, 4.69) is 12.2 Å². The van der Waals surface area contributed by atoms with Crippen molar-refractivity contribution >= 4 is 17.6 Å². The molecular formula is C14H20ClNO2. The van der Waals surface area contributed by atoms with E-state index in [-0.39, 0.29) is 18.6 Å². The maximum atomic E-state index is 11.3.